The molecule has 0 fully saturated rings. The summed E-state index contributed by atoms with van der Waals surface area (Å²) in [7, 11) is 0. The molecule has 5 nitrogen and oxygen atoms in total. The Hall–Kier alpha value is -1.14. The smallest absolute Gasteiger partial charge is 0.431 e. The molecule has 1 heterocycles. The van der Waals surface area contributed by atoms with Gasteiger partial charge in [0.1, 0.15) is 5.60 Å². The van der Waals surface area contributed by atoms with Crippen molar-refractivity contribution in [3.63, 3.8) is 0 Å². The van der Waals surface area contributed by atoms with Gasteiger partial charge in [0.05, 0.1) is 0 Å². The van der Waals surface area contributed by atoms with Crippen molar-refractivity contribution in [2.45, 2.75) is 26.4 Å². The van der Waals surface area contributed by atoms with Crippen molar-refractivity contribution in [1.82, 2.24) is 4.98 Å². The minimum absolute atomic E-state index is 0.416. The van der Waals surface area contributed by atoms with Gasteiger partial charge in [-0.3, -0.25) is 0 Å². The first-order chi connectivity index (χ1) is 6.40. The molecule has 78 valence electrons. The van der Waals surface area contributed by atoms with Gasteiger partial charge in [0.25, 0.3) is 0 Å². The molecular weight excluding hydrogens is 202 g/mol. The summed E-state index contributed by atoms with van der Waals surface area (Å²) in [5.74, 6) is 5.50. The maximum Gasteiger partial charge on any atom is 0.431 e. The van der Waals surface area contributed by atoms with Crippen molar-refractivity contribution in [2.24, 2.45) is 5.84 Å². The van der Waals surface area contributed by atoms with Crippen LogP contribution in [0.3, 0.4) is 0 Å². The Morgan fingerprint density at radius 1 is 1.64 bits per heavy atom. The van der Waals surface area contributed by atoms with Crippen LogP contribution in [0.15, 0.2) is 11.6 Å². The SMILES string of the molecule is CC(C)(C)OC(=O)N(N)c1nccs1. The molecule has 0 unspecified atom stereocenters. The van der Waals surface area contributed by atoms with Crippen LogP contribution in [-0.4, -0.2) is 16.7 Å². The topological polar surface area (TPSA) is 68.5 Å². The fourth-order valence-corrected chi connectivity index (χ4v) is 1.28. The first-order valence-corrected chi connectivity index (χ1v) is 4.95. The quantitative estimate of drug-likeness (QED) is 0.440. The Labute approximate surface area is 86.5 Å². The standard InChI is InChI=1S/C8H13N3O2S/c1-8(2,3)13-7(12)11(9)6-10-4-5-14-6/h4-5H,9H2,1-3H3. The number of nitrogens with zero attached hydrogens (tertiary/aromatic N) is 2. The highest BCUT2D eigenvalue weighted by atomic mass is 32.1. The molecule has 1 rings (SSSR count). The Kier molecular flexibility index (Phi) is 3.07. The first-order valence-electron chi connectivity index (χ1n) is 4.07. The first kappa shape index (κ1) is 10.9. The van der Waals surface area contributed by atoms with Crippen molar-refractivity contribution < 1.29 is 9.53 Å². The van der Waals surface area contributed by atoms with E-state index in [1.165, 1.54) is 11.3 Å². The molecule has 1 aromatic rings. The van der Waals surface area contributed by atoms with Crippen LogP contribution in [0.25, 0.3) is 0 Å². The van der Waals surface area contributed by atoms with E-state index in [4.69, 9.17) is 10.6 Å². The van der Waals surface area contributed by atoms with E-state index < -0.39 is 11.7 Å². The molecule has 0 aliphatic carbocycles. The van der Waals surface area contributed by atoms with Crippen molar-refractivity contribution in [3.05, 3.63) is 11.6 Å². The molecule has 0 saturated carbocycles. The highest BCUT2D eigenvalue weighted by Gasteiger charge is 2.22. The van der Waals surface area contributed by atoms with Gasteiger partial charge in [0.2, 0.25) is 5.13 Å². The number of aromatic nitrogens is 1. The molecule has 1 aromatic heterocycles. The van der Waals surface area contributed by atoms with E-state index in [9.17, 15) is 4.79 Å². The maximum absolute atomic E-state index is 11.4. The van der Waals surface area contributed by atoms with Gasteiger partial charge in [-0.05, 0) is 20.8 Å². The highest BCUT2D eigenvalue weighted by molar-refractivity contribution is 7.13. The lowest BCUT2D eigenvalue weighted by molar-refractivity contribution is 0.0580. The minimum atomic E-state index is -0.604. The second-order valence-corrected chi connectivity index (χ2v) is 4.54. The van der Waals surface area contributed by atoms with E-state index >= 15 is 0 Å². The summed E-state index contributed by atoms with van der Waals surface area (Å²) in [6.07, 6.45) is 0.969. The number of hydrazine groups is 1. The number of thiazole rings is 1. The molecule has 0 saturated heterocycles. The molecular formula is C8H13N3O2S. The van der Waals surface area contributed by atoms with Gasteiger partial charge in [0, 0.05) is 11.6 Å². The zero-order valence-electron chi connectivity index (χ0n) is 8.35. The average molecular weight is 215 g/mol. The fraction of sp³-hybridized carbons (Fsp3) is 0.500. The highest BCUT2D eigenvalue weighted by Crippen LogP contribution is 2.17. The largest absolute Gasteiger partial charge is 0.442 e. The normalized spacial score (nSPS) is 11.1. The lowest BCUT2D eigenvalue weighted by atomic mass is 10.2. The average Bonchev–Trinajstić information content (AvgIpc) is 2.51. The Morgan fingerprint density at radius 3 is 2.71 bits per heavy atom. The van der Waals surface area contributed by atoms with Crippen LogP contribution in [0.1, 0.15) is 20.8 Å². The number of hydrogen-bond donors (Lipinski definition) is 1. The number of anilines is 1. The fourth-order valence-electron chi connectivity index (χ4n) is 0.724. The summed E-state index contributed by atoms with van der Waals surface area (Å²) in [5, 5.41) is 3.05. The molecule has 0 atom stereocenters. The van der Waals surface area contributed by atoms with Gasteiger partial charge in [-0.1, -0.05) is 0 Å². The van der Waals surface area contributed by atoms with Crippen molar-refractivity contribution in [1.29, 1.82) is 0 Å². The third-order valence-corrected chi connectivity index (χ3v) is 1.99. The molecule has 1 amide bonds. The molecule has 0 aliphatic rings. The monoisotopic (exact) mass is 215 g/mol. The van der Waals surface area contributed by atoms with E-state index in [-0.39, 0.29) is 0 Å². The van der Waals surface area contributed by atoms with E-state index in [2.05, 4.69) is 4.98 Å². The zero-order chi connectivity index (χ0) is 10.8. The van der Waals surface area contributed by atoms with Crippen molar-refractivity contribution in [2.75, 3.05) is 5.01 Å². The number of hydrogen-bond acceptors (Lipinski definition) is 5. The number of ether oxygens (including phenoxy) is 1. The zero-order valence-corrected chi connectivity index (χ0v) is 9.17. The molecule has 6 heteroatoms. The number of rotatable bonds is 1. The second-order valence-electron chi connectivity index (χ2n) is 3.67. The Bertz CT molecular complexity index is 305. The third-order valence-electron chi connectivity index (χ3n) is 1.22. The lowest BCUT2D eigenvalue weighted by Crippen LogP contribution is -2.41. The Morgan fingerprint density at radius 2 is 2.29 bits per heavy atom. The van der Waals surface area contributed by atoms with Crippen LogP contribution < -0.4 is 10.9 Å². The molecule has 0 spiro atoms. The van der Waals surface area contributed by atoms with Crippen LogP contribution in [0.5, 0.6) is 0 Å². The Balaban J connectivity index is 2.63. The van der Waals surface area contributed by atoms with Crippen LogP contribution in [-0.2, 0) is 4.74 Å². The van der Waals surface area contributed by atoms with E-state index in [1.807, 2.05) is 0 Å². The minimum Gasteiger partial charge on any atom is -0.442 e. The summed E-state index contributed by atoms with van der Waals surface area (Å²) in [6.45, 7) is 5.34. The second kappa shape index (κ2) is 3.93. The molecule has 0 bridgehead atoms. The summed E-state index contributed by atoms with van der Waals surface area (Å²) in [5.41, 5.74) is -0.550. The van der Waals surface area contributed by atoms with Crippen molar-refractivity contribution in [3.8, 4) is 0 Å². The van der Waals surface area contributed by atoms with Gasteiger partial charge in [-0.2, -0.15) is 5.01 Å². The number of carbonyl (C=O) groups is 1. The molecule has 2 N–H and O–H groups in total. The van der Waals surface area contributed by atoms with Gasteiger partial charge in [-0.25, -0.2) is 15.6 Å². The van der Waals surface area contributed by atoms with E-state index in [1.54, 1.807) is 32.3 Å². The van der Waals surface area contributed by atoms with Gasteiger partial charge >= 0.3 is 6.09 Å². The predicted molar refractivity (Wildman–Crippen MR) is 55.0 cm³/mol. The van der Waals surface area contributed by atoms with E-state index in [0.717, 1.165) is 5.01 Å². The van der Waals surface area contributed by atoms with Crippen LogP contribution in [0.2, 0.25) is 0 Å². The van der Waals surface area contributed by atoms with Gasteiger partial charge in [0.15, 0.2) is 0 Å². The van der Waals surface area contributed by atoms with Crippen LogP contribution in [0, 0.1) is 0 Å². The molecule has 14 heavy (non-hydrogen) atoms. The summed E-state index contributed by atoms with van der Waals surface area (Å²) in [6, 6.07) is 0. The maximum atomic E-state index is 11.4. The van der Waals surface area contributed by atoms with Crippen LogP contribution in [0.4, 0.5) is 9.93 Å². The molecule has 0 radical (unpaired) electrons. The lowest BCUT2D eigenvalue weighted by Gasteiger charge is -2.22. The number of amides is 1. The molecule has 0 aliphatic heterocycles. The number of nitrogens with two attached hydrogens (primary N) is 1. The molecule has 0 aromatic carbocycles. The van der Waals surface area contributed by atoms with Gasteiger partial charge in [-0.15, -0.1) is 11.3 Å². The van der Waals surface area contributed by atoms with Crippen LogP contribution >= 0.6 is 11.3 Å². The third kappa shape index (κ3) is 2.97. The van der Waals surface area contributed by atoms with Gasteiger partial charge < -0.3 is 4.74 Å². The summed E-state index contributed by atoms with van der Waals surface area (Å²) < 4.78 is 5.05. The van der Waals surface area contributed by atoms with E-state index in [0.29, 0.717) is 5.13 Å². The summed E-state index contributed by atoms with van der Waals surface area (Å²) in [4.78, 5) is 15.3. The predicted octanol–water partition coefficient (Wildman–Crippen LogP) is 1.76. The summed E-state index contributed by atoms with van der Waals surface area (Å²) >= 11 is 1.27. The number of carbonyl (C=O) groups excluding carboxylic acids is 1. The van der Waals surface area contributed by atoms with Crippen molar-refractivity contribution >= 4 is 22.6 Å².